The molecule has 9 nitrogen and oxygen atoms in total. The number of ether oxygens (including phenoxy) is 3. The second-order valence-electron chi connectivity index (χ2n) is 11.5. The first-order valence-corrected chi connectivity index (χ1v) is 15.7. The zero-order valence-electron chi connectivity index (χ0n) is 26.7. The van der Waals surface area contributed by atoms with E-state index in [2.05, 4.69) is 5.32 Å². The molecule has 0 aliphatic carbocycles. The van der Waals surface area contributed by atoms with Gasteiger partial charge in [0.1, 0.15) is 34.3 Å². The van der Waals surface area contributed by atoms with Gasteiger partial charge in [0.05, 0.1) is 20.3 Å². The summed E-state index contributed by atoms with van der Waals surface area (Å²) in [5.74, 6) is -1.00. The van der Waals surface area contributed by atoms with Gasteiger partial charge in [0.2, 0.25) is 5.91 Å². The third-order valence-electron chi connectivity index (χ3n) is 8.20. The molecule has 3 aromatic rings. The van der Waals surface area contributed by atoms with E-state index in [4.69, 9.17) is 14.2 Å². The van der Waals surface area contributed by atoms with Crippen LogP contribution in [0.4, 0.5) is 0 Å². The van der Waals surface area contributed by atoms with Gasteiger partial charge in [0, 0.05) is 37.3 Å². The summed E-state index contributed by atoms with van der Waals surface area (Å²) < 4.78 is 16.2. The Morgan fingerprint density at radius 1 is 0.978 bits per heavy atom. The number of phenols is 2. The van der Waals surface area contributed by atoms with Crippen LogP contribution in [0.3, 0.4) is 0 Å². The summed E-state index contributed by atoms with van der Waals surface area (Å²) >= 11 is 0. The van der Waals surface area contributed by atoms with E-state index in [1.807, 2.05) is 30.3 Å². The summed E-state index contributed by atoms with van der Waals surface area (Å²) in [5, 5.41) is 26.0. The molecule has 1 unspecified atom stereocenters. The molecule has 0 saturated carbocycles. The van der Waals surface area contributed by atoms with Crippen molar-refractivity contribution in [1.29, 1.82) is 0 Å². The third kappa shape index (κ3) is 9.12. The number of nitrogens with one attached hydrogen (secondary N) is 1. The minimum atomic E-state index is -0.800. The summed E-state index contributed by atoms with van der Waals surface area (Å²) in [6, 6.07) is 16.0. The number of esters is 1. The van der Waals surface area contributed by atoms with E-state index in [-0.39, 0.29) is 40.6 Å². The van der Waals surface area contributed by atoms with Crippen LogP contribution in [0.15, 0.2) is 60.7 Å². The Bertz CT molecular complexity index is 1530. The van der Waals surface area contributed by atoms with E-state index >= 15 is 0 Å². The lowest BCUT2D eigenvalue weighted by Crippen LogP contribution is -2.27. The number of cyclic esters (lactones) is 1. The summed E-state index contributed by atoms with van der Waals surface area (Å²) in [5.41, 5.74) is 1.93. The van der Waals surface area contributed by atoms with E-state index in [1.165, 1.54) is 6.07 Å². The normalized spacial score (nSPS) is 17.2. The molecule has 1 aliphatic heterocycles. The second-order valence-corrected chi connectivity index (χ2v) is 11.5. The Morgan fingerprint density at radius 3 is 2.30 bits per heavy atom. The number of phenolic OH excluding ortho intramolecular Hbond substituents is 2. The minimum Gasteiger partial charge on any atom is -0.507 e. The lowest BCUT2D eigenvalue weighted by atomic mass is 9.84. The highest BCUT2D eigenvalue weighted by atomic mass is 16.5. The highest BCUT2D eigenvalue weighted by Gasteiger charge is 2.31. The lowest BCUT2D eigenvalue weighted by molar-refractivity contribution is -0.121. The maximum atomic E-state index is 13.5. The maximum Gasteiger partial charge on any atom is 0.342 e. The number of benzene rings is 3. The summed E-state index contributed by atoms with van der Waals surface area (Å²) in [4.78, 5) is 39.0. The molecule has 4 rings (SSSR count). The predicted octanol–water partition coefficient (Wildman–Crippen LogP) is 6.48. The lowest BCUT2D eigenvalue weighted by Gasteiger charge is -2.23. The van der Waals surface area contributed by atoms with Crippen LogP contribution in [-0.4, -0.2) is 54.7 Å². The number of aromatic hydroxyl groups is 2. The van der Waals surface area contributed by atoms with Crippen LogP contribution in [-0.2, 0) is 20.7 Å². The van der Waals surface area contributed by atoms with Gasteiger partial charge >= 0.3 is 5.97 Å². The van der Waals surface area contributed by atoms with Gasteiger partial charge in [0.25, 0.3) is 0 Å². The van der Waals surface area contributed by atoms with E-state index in [0.29, 0.717) is 62.8 Å². The van der Waals surface area contributed by atoms with Crippen molar-refractivity contribution in [2.75, 3.05) is 20.8 Å². The molecule has 1 heterocycles. The summed E-state index contributed by atoms with van der Waals surface area (Å²) in [6.07, 6.45) is 6.69. The predicted molar refractivity (Wildman–Crippen MR) is 176 cm³/mol. The number of carbonyl (C=O) groups is 3. The summed E-state index contributed by atoms with van der Waals surface area (Å²) in [6.45, 7) is 2.13. The number of ketones is 1. The van der Waals surface area contributed by atoms with Crippen LogP contribution in [0.25, 0.3) is 6.08 Å². The SMILES string of the molecule is COc1ccc(CCNC(=O)CC(c2ccc(OC)cc2)c2c(O)cc3c(c2O)C(=O)O[C@@H](C)CCCC(=O)CCC/C=C/3)cc1. The van der Waals surface area contributed by atoms with Gasteiger partial charge in [-0.3, -0.25) is 9.59 Å². The van der Waals surface area contributed by atoms with Crippen molar-refractivity contribution in [1.82, 2.24) is 5.32 Å². The molecular weight excluding hydrogens is 586 g/mol. The third-order valence-corrected chi connectivity index (χ3v) is 8.20. The Balaban J connectivity index is 1.67. The molecule has 1 aliphatic rings. The first-order valence-electron chi connectivity index (χ1n) is 15.7. The number of rotatable bonds is 9. The molecule has 0 fully saturated rings. The van der Waals surface area contributed by atoms with Gasteiger partial charge in [-0.15, -0.1) is 0 Å². The molecular formula is C37H43NO8. The molecule has 0 spiro atoms. The number of hydrogen-bond donors (Lipinski definition) is 3. The Kier molecular flexibility index (Phi) is 12.2. The smallest absolute Gasteiger partial charge is 0.342 e. The number of Topliss-reactive ketones (excluding diaryl/α,β-unsaturated/α-hetero) is 1. The van der Waals surface area contributed by atoms with E-state index < -0.39 is 23.7 Å². The molecule has 244 valence electrons. The zero-order valence-corrected chi connectivity index (χ0v) is 26.7. The molecule has 0 aromatic heterocycles. The average molecular weight is 630 g/mol. The molecule has 0 bridgehead atoms. The van der Waals surface area contributed by atoms with Gasteiger partial charge in [0.15, 0.2) is 0 Å². The fourth-order valence-corrected chi connectivity index (χ4v) is 5.64. The Morgan fingerprint density at radius 2 is 1.63 bits per heavy atom. The van der Waals surface area contributed by atoms with Crippen molar-refractivity contribution in [3.8, 4) is 23.0 Å². The van der Waals surface area contributed by atoms with Crippen molar-refractivity contribution in [2.45, 2.75) is 70.3 Å². The van der Waals surface area contributed by atoms with Crippen LogP contribution in [0.5, 0.6) is 23.0 Å². The molecule has 0 radical (unpaired) electrons. The Hall–Kier alpha value is -4.79. The van der Waals surface area contributed by atoms with Gasteiger partial charge in [-0.1, -0.05) is 36.4 Å². The number of allylic oxidation sites excluding steroid dienone is 1. The quantitative estimate of drug-likeness (QED) is 0.229. The van der Waals surface area contributed by atoms with Crippen LogP contribution in [0, 0.1) is 0 Å². The second kappa shape index (κ2) is 16.5. The zero-order chi connectivity index (χ0) is 33.1. The van der Waals surface area contributed by atoms with Gasteiger partial charge in [-0.2, -0.15) is 0 Å². The highest BCUT2D eigenvalue weighted by Crippen LogP contribution is 2.44. The molecule has 46 heavy (non-hydrogen) atoms. The molecule has 0 saturated heterocycles. The topological polar surface area (TPSA) is 131 Å². The number of fused-ring (bicyclic) bond motifs is 1. The molecule has 1 amide bonds. The first-order chi connectivity index (χ1) is 22.2. The van der Waals surface area contributed by atoms with Gasteiger partial charge in [-0.25, -0.2) is 4.79 Å². The standard InChI is InChI=1S/C37H43NO8/c1-24-8-7-11-28(39)10-6-4-5-9-27-22-32(40)35(36(42)34(27)37(43)46-24)31(26-14-18-30(45-3)19-15-26)23-33(41)38-21-20-25-12-16-29(44-2)17-13-25/h5,9,12-19,22,24,31,40,42H,4,6-8,10-11,20-21,23H2,1-3H3,(H,38,41)/b9-5+/t24-,31?/m0/s1. The number of hydrogen-bond acceptors (Lipinski definition) is 8. The average Bonchev–Trinajstić information content (AvgIpc) is 3.04. The highest BCUT2D eigenvalue weighted by molar-refractivity contribution is 5.98. The monoisotopic (exact) mass is 629 g/mol. The minimum absolute atomic E-state index is 0.0546. The van der Waals surface area contributed by atoms with Gasteiger partial charge < -0.3 is 29.7 Å². The maximum absolute atomic E-state index is 13.5. The van der Waals surface area contributed by atoms with Crippen molar-refractivity contribution in [3.63, 3.8) is 0 Å². The number of methoxy groups -OCH3 is 2. The molecule has 3 aromatic carbocycles. The molecule has 2 atom stereocenters. The van der Waals surface area contributed by atoms with Crippen molar-refractivity contribution in [2.24, 2.45) is 0 Å². The largest absolute Gasteiger partial charge is 0.507 e. The van der Waals surface area contributed by atoms with E-state index in [0.717, 1.165) is 11.3 Å². The molecule has 9 heteroatoms. The number of amides is 1. The van der Waals surface area contributed by atoms with Crippen LogP contribution < -0.4 is 14.8 Å². The first kappa shape index (κ1) is 34.1. The number of carbonyl (C=O) groups excluding carboxylic acids is 3. The van der Waals surface area contributed by atoms with Crippen LogP contribution >= 0.6 is 0 Å². The van der Waals surface area contributed by atoms with Crippen molar-refractivity contribution >= 4 is 23.7 Å². The fourth-order valence-electron chi connectivity index (χ4n) is 5.64. The summed E-state index contributed by atoms with van der Waals surface area (Å²) in [7, 11) is 3.15. The molecule has 3 N–H and O–H groups in total. The van der Waals surface area contributed by atoms with Crippen LogP contribution in [0.1, 0.15) is 90.4 Å². The van der Waals surface area contributed by atoms with E-state index in [9.17, 15) is 24.6 Å². The van der Waals surface area contributed by atoms with Crippen molar-refractivity contribution in [3.05, 3.63) is 88.5 Å². The van der Waals surface area contributed by atoms with Crippen molar-refractivity contribution < 1.29 is 38.8 Å². The van der Waals surface area contributed by atoms with Gasteiger partial charge in [-0.05, 0) is 86.1 Å². The Labute approximate surface area is 270 Å². The van der Waals surface area contributed by atoms with E-state index in [1.54, 1.807) is 51.5 Å². The fraction of sp³-hybridized carbons (Fsp3) is 0.378. The van der Waals surface area contributed by atoms with Crippen LogP contribution in [0.2, 0.25) is 0 Å².